The Balaban J connectivity index is 1.75. The monoisotopic (exact) mass is 338 g/mol. The third-order valence-corrected chi connectivity index (χ3v) is 4.97. The smallest absolute Gasteiger partial charge is 0.257 e. The summed E-state index contributed by atoms with van der Waals surface area (Å²) in [7, 11) is 0. The minimum Gasteiger partial charge on any atom is -0.338 e. The summed E-state index contributed by atoms with van der Waals surface area (Å²) in [6.07, 6.45) is 4.22. The lowest BCUT2D eigenvalue weighted by atomic mass is 10.1. The van der Waals surface area contributed by atoms with Crippen LogP contribution in [0.25, 0.3) is 11.3 Å². The van der Waals surface area contributed by atoms with Crippen molar-refractivity contribution in [3.63, 3.8) is 0 Å². The average Bonchev–Trinajstić information content (AvgIpc) is 3.15. The third-order valence-electron chi connectivity index (χ3n) is 4.97. The van der Waals surface area contributed by atoms with E-state index in [4.69, 9.17) is 0 Å². The Morgan fingerprint density at radius 2 is 2.00 bits per heavy atom. The van der Waals surface area contributed by atoms with E-state index in [0.717, 1.165) is 44.7 Å². The summed E-state index contributed by atoms with van der Waals surface area (Å²) in [6.45, 7) is 9.20. The highest BCUT2D eigenvalue weighted by Gasteiger charge is 2.29. The van der Waals surface area contributed by atoms with Crippen molar-refractivity contribution < 1.29 is 4.79 Å². The van der Waals surface area contributed by atoms with E-state index in [1.54, 1.807) is 6.20 Å². The van der Waals surface area contributed by atoms with Crippen molar-refractivity contribution in [1.82, 2.24) is 19.8 Å². The number of carbonyl (C=O) groups excluding carboxylic acids is 1. The van der Waals surface area contributed by atoms with E-state index >= 15 is 0 Å². The zero-order valence-electron chi connectivity index (χ0n) is 15.1. The van der Waals surface area contributed by atoms with Gasteiger partial charge in [0.15, 0.2) is 0 Å². The fourth-order valence-electron chi connectivity index (χ4n) is 3.50. The van der Waals surface area contributed by atoms with Gasteiger partial charge in [0.2, 0.25) is 0 Å². The van der Waals surface area contributed by atoms with E-state index in [-0.39, 0.29) is 5.91 Å². The zero-order valence-corrected chi connectivity index (χ0v) is 15.1. The molecular formula is C20H26N4O. The van der Waals surface area contributed by atoms with Gasteiger partial charge < -0.3 is 9.80 Å². The summed E-state index contributed by atoms with van der Waals surface area (Å²) < 4.78 is 0. The van der Waals surface area contributed by atoms with Crippen LogP contribution >= 0.6 is 0 Å². The Hall–Kier alpha value is -2.27. The molecule has 1 atom stereocenters. The second-order valence-corrected chi connectivity index (χ2v) is 6.54. The molecule has 0 bridgehead atoms. The summed E-state index contributed by atoms with van der Waals surface area (Å²) in [5, 5.41) is 0. The van der Waals surface area contributed by atoms with Crippen molar-refractivity contribution >= 4 is 5.91 Å². The van der Waals surface area contributed by atoms with Gasteiger partial charge in [-0.25, -0.2) is 9.97 Å². The van der Waals surface area contributed by atoms with E-state index in [9.17, 15) is 4.79 Å². The molecule has 1 aromatic heterocycles. The lowest BCUT2D eigenvalue weighted by molar-refractivity contribution is 0.0784. The number of hydrogen-bond acceptors (Lipinski definition) is 4. The second-order valence-electron chi connectivity index (χ2n) is 6.54. The van der Waals surface area contributed by atoms with Crippen molar-refractivity contribution in [2.45, 2.75) is 20.3 Å². The average molecular weight is 338 g/mol. The second kappa shape index (κ2) is 8.21. The van der Waals surface area contributed by atoms with Gasteiger partial charge in [-0.3, -0.25) is 4.79 Å². The number of benzene rings is 1. The fraction of sp³-hybridized carbons (Fsp3) is 0.450. The largest absolute Gasteiger partial charge is 0.338 e. The first kappa shape index (κ1) is 17.5. The normalized spacial score (nSPS) is 17.2. The molecule has 132 valence electrons. The Morgan fingerprint density at radius 3 is 2.72 bits per heavy atom. The third kappa shape index (κ3) is 4.04. The standard InChI is InChI=1S/C20H26N4O/c1-3-23(4-2)13-16-10-11-24(14-16)20(25)18-12-21-15-22-19(18)17-8-6-5-7-9-17/h5-9,12,15-16H,3-4,10-11,13-14H2,1-2H3. The number of carbonyl (C=O) groups is 1. The minimum atomic E-state index is 0.0431. The molecule has 1 unspecified atom stereocenters. The molecule has 5 nitrogen and oxygen atoms in total. The van der Waals surface area contributed by atoms with Gasteiger partial charge >= 0.3 is 0 Å². The van der Waals surface area contributed by atoms with Crippen molar-refractivity contribution in [1.29, 1.82) is 0 Å². The molecular weight excluding hydrogens is 312 g/mol. The molecule has 0 saturated carbocycles. The maximum Gasteiger partial charge on any atom is 0.257 e. The summed E-state index contributed by atoms with van der Waals surface area (Å²) in [4.78, 5) is 25.9. The molecule has 1 aliphatic heterocycles. The first-order valence-electron chi connectivity index (χ1n) is 9.10. The van der Waals surface area contributed by atoms with Crippen LogP contribution in [-0.2, 0) is 0 Å². The molecule has 3 rings (SSSR count). The Kier molecular flexibility index (Phi) is 5.76. The van der Waals surface area contributed by atoms with Crippen molar-refractivity contribution in [3.8, 4) is 11.3 Å². The van der Waals surface area contributed by atoms with Crippen LogP contribution in [0.15, 0.2) is 42.9 Å². The summed E-state index contributed by atoms with van der Waals surface area (Å²) in [5.41, 5.74) is 2.26. The maximum atomic E-state index is 13.0. The highest BCUT2D eigenvalue weighted by molar-refractivity contribution is 5.99. The molecule has 0 radical (unpaired) electrons. The molecule has 1 aliphatic rings. The topological polar surface area (TPSA) is 49.3 Å². The van der Waals surface area contributed by atoms with Crippen LogP contribution in [0.4, 0.5) is 0 Å². The van der Waals surface area contributed by atoms with Gasteiger partial charge in [-0.2, -0.15) is 0 Å². The number of nitrogens with zero attached hydrogens (tertiary/aromatic N) is 4. The Morgan fingerprint density at radius 1 is 1.24 bits per heavy atom. The molecule has 0 aliphatic carbocycles. The van der Waals surface area contributed by atoms with Crippen molar-refractivity contribution in [2.75, 3.05) is 32.7 Å². The molecule has 1 fully saturated rings. The number of aromatic nitrogens is 2. The zero-order chi connectivity index (χ0) is 17.6. The lowest BCUT2D eigenvalue weighted by Crippen LogP contribution is -2.33. The lowest BCUT2D eigenvalue weighted by Gasteiger charge is -2.23. The molecule has 0 spiro atoms. The van der Waals surface area contributed by atoms with Crippen molar-refractivity contribution in [2.24, 2.45) is 5.92 Å². The van der Waals surface area contributed by atoms with Crippen LogP contribution < -0.4 is 0 Å². The Labute approximate surface area is 149 Å². The van der Waals surface area contributed by atoms with Gasteiger partial charge in [0, 0.05) is 31.4 Å². The minimum absolute atomic E-state index is 0.0431. The number of rotatable bonds is 6. The van der Waals surface area contributed by atoms with Crippen LogP contribution in [0.5, 0.6) is 0 Å². The van der Waals surface area contributed by atoms with Gasteiger partial charge in [-0.05, 0) is 25.4 Å². The highest BCUT2D eigenvalue weighted by Crippen LogP contribution is 2.25. The molecule has 2 heterocycles. The molecule has 5 heteroatoms. The fourth-order valence-corrected chi connectivity index (χ4v) is 3.50. The van der Waals surface area contributed by atoms with E-state index in [0.29, 0.717) is 17.2 Å². The first-order chi connectivity index (χ1) is 12.2. The predicted octanol–water partition coefficient (Wildman–Crippen LogP) is 2.95. The Bertz CT molecular complexity index is 700. The van der Waals surface area contributed by atoms with Crippen LogP contribution in [0, 0.1) is 5.92 Å². The number of hydrogen-bond donors (Lipinski definition) is 0. The van der Waals surface area contributed by atoms with Crippen LogP contribution in [0.3, 0.4) is 0 Å². The van der Waals surface area contributed by atoms with Gasteiger partial charge in [-0.15, -0.1) is 0 Å². The summed E-state index contributed by atoms with van der Waals surface area (Å²) in [6, 6.07) is 9.84. The summed E-state index contributed by atoms with van der Waals surface area (Å²) in [5.74, 6) is 0.593. The van der Waals surface area contributed by atoms with E-state index in [1.807, 2.05) is 35.2 Å². The van der Waals surface area contributed by atoms with Gasteiger partial charge in [0.25, 0.3) is 5.91 Å². The SMILES string of the molecule is CCN(CC)CC1CCN(C(=O)c2cncnc2-c2ccccc2)C1. The highest BCUT2D eigenvalue weighted by atomic mass is 16.2. The van der Waals surface area contributed by atoms with Gasteiger partial charge in [0.05, 0.1) is 11.3 Å². The molecule has 1 aromatic carbocycles. The molecule has 0 N–H and O–H groups in total. The van der Waals surface area contributed by atoms with Crippen molar-refractivity contribution in [3.05, 3.63) is 48.4 Å². The van der Waals surface area contributed by atoms with Crippen LogP contribution in [0.2, 0.25) is 0 Å². The molecule has 2 aromatic rings. The van der Waals surface area contributed by atoms with E-state index < -0.39 is 0 Å². The maximum absolute atomic E-state index is 13.0. The number of amides is 1. The summed E-state index contributed by atoms with van der Waals surface area (Å²) >= 11 is 0. The van der Waals surface area contributed by atoms with E-state index in [1.165, 1.54) is 6.33 Å². The molecule has 1 saturated heterocycles. The van der Waals surface area contributed by atoms with Gasteiger partial charge in [0.1, 0.15) is 6.33 Å². The quantitative estimate of drug-likeness (QED) is 0.812. The first-order valence-corrected chi connectivity index (χ1v) is 9.10. The molecule has 1 amide bonds. The van der Waals surface area contributed by atoms with E-state index in [2.05, 4.69) is 28.7 Å². The van der Waals surface area contributed by atoms with Crippen LogP contribution in [0.1, 0.15) is 30.6 Å². The molecule has 25 heavy (non-hydrogen) atoms. The van der Waals surface area contributed by atoms with Gasteiger partial charge in [-0.1, -0.05) is 44.2 Å². The number of likely N-dealkylation sites (tertiary alicyclic amines) is 1. The van der Waals surface area contributed by atoms with Crippen LogP contribution in [-0.4, -0.2) is 58.4 Å². The predicted molar refractivity (Wildman–Crippen MR) is 99.3 cm³/mol.